The number of ether oxygens (including phenoxy) is 1. The molecule has 0 saturated heterocycles. The van der Waals surface area contributed by atoms with Gasteiger partial charge in [0.05, 0.1) is 18.1 Å². The Morgan fingerprint density at radius 3 is 2.00 bits per heavy atom. The molecule has 0 heterocycles. The van der Waals surface area contributed by atoms with Crippen LogP contribution in [0.4, 0.5) is 5.69 Å². The molecule has 6 heteroatoms. The average molecular weight is 390 g/mol. The molecular weight excluding hydrogens is 368 g/mol. The van der Waals surface area contributed by atoms with E-state index in [1.165, 1.54) is 25.3 Å². The van der Waals surface area contributed by atoms with Crippen molar-refractivity contribution in [3.63, 3.8) is 0 Å². The first-order chi connectivity index (χ1) is 14.1. The van der Waals surface area contributed by atoms with Crippen LogP contribution in [0.3, 0.4) is 0 Å². The fourth-order valence-corrected chi connectivity index (χ4v) is 3.39. The van der Waals surface area contributed by atoms with E-state index in [1.54, 1.807) is 4.90 Å². The van der Waals surface area contributed by atoms with Gasteiger partial charge in [-0.3, -0.25) is 14.9 Å². The van der Waals surface area contributed by atoms with Crippen molar-refractivity contribution in [3.05, 3.63) is 106 Å². The molecule has 0 aliphatic rings. The third-order valence-corrected chi connectivity index (χ3v) is 4.77. The van der Waals surface area contributed by atoms with E-state index in [9.17, 15) is 14.9 Å². The number of nitro benzene ring substituents is 1. The standard InChI is InChI=1S/C23H22N2O4/c1-3-24(23(26)19-14-15-20(25(27)28)21(16-19)29-2)22(17-10-6-4-7-11-17)18-12-8-5-9-13-18/h4-16,22H,3H2,1-2H3. The second-order valence-corrected chi connectivity index (χ2v) is 6.46. The minimum atomic E-state index is -0.526. The largest absolute Gasteiger partial charge is 0.490 e. The third kappa shape index (κ3) is 4.27. The lowest BCUT2D eigenvalue weighted by Crippen LogP contribution is -2.35. The molecule has 0 spiro atoms. The normalized spacial score (nSPS) is 10.6. The van der Waals surface area contributed by atoms with E-state index in [2.05, 4.69) is 0 Å². The highest BCUT2D eigenvalue weighted by Crippen LogP contribution is 2.32. The highest BCUT2D eigenvalue weighted by Gasteiger charge is 2.27. The number of carbonyl (C=O) groups excluding carboxylic acids is 1. The lowest BCUT2D eigenvalue weighted by Gasteiger charge is -2.32. The van der Waals surface area contributed by atoms with Crippen LogP contribution >= 0.6 is 0 Å². The number of hydrogen-bond acceptors (Lipinski definition) is 4. The topological polar surface area (TPSA) is 72.7 Å². The van der Waals surface area contributed by atoms with Gasteiger partial charge in [0.15, 0.2) is 5.75 Å². The molecule has 29 heavy (non-hydrogen) atoms. The molecule has 3 rings (SSSR count). The maximum Gasteiger partial charge on any atom is 0.310 e. The van der Waals surface area contributed by atoms with Crippen LogP contribution in [0, 0.1) is 10.1 Å². The SMILES string of the molecule is CCN(C(=O)c1ccc([N+](=O)[O-])c(OC)c1)C(c1ccccc1)c1ccccc1. The van der Waals surface area contributed by atoms with Gasteiger partial charge in [0.1, 0.15) is 0 Å². The van der Waals surface area contributed by atoms with Gasteiger partial charge in [-0.25, -0.2) is 0 Å². The van der Waals surface area contributed by atoms with Crippen LogP contribution in [0.5, 0.6) is 5.75 Å². The van der Waals surface area contributed by atoms with E-state index in [1.807, 2.05) is 67.6 Å². The van der Waals surface area contributed by atoms with E-state index in [-0.39, 0.29) is 23.4 Å². The molecule has 3 aromatic rings. The summed E-state index contributed by atoms with van der Waals surface area (Å²) in [4.78, 5) is 25.8. The Hall–Kier alpha value is -3.67. The van der Waals surface area contributed by atoms with Gasteiger partial charge in [-0.05, 0) is 24.1 Å². The zero-order chi connectivity index (χ0) is 20.8. The number of methoxy groups -OCH3 is 1. The maximum atomic E-state index is 13.4. The summed E-state index contributed by atoms with van der Waals surface area (Å²) in [5.41, 5.74) is 2.14. The van der Waals surface area contributed by atoms with Crippen LogP contribution in [0.2, 0.25) is 0 Å². The molecule has 0 radical (unpaired) electrons. The summed E-state index contributed by atoms with van der Waals surface area (Å²) in [6.07, 6.45) is 0. The predicted molar refractivity (Wildman–Crippen MR) is 111 cm³/mol. The summed E-state index contributed by atoms with van der Waals surface area (Å²) >= 11 is 0. The summed E-state index contributed by atoms with van der Waals surface area (Å²) in [6.45, 7) is 2.38. The zero-order valence-corrected chi connectivity index (χ0v) is 16.3. The molecule has 0 aromatic heterocycles. The van der Waals surface area contributed by atoms with Crippen molar-refractivity contribution in [2.24, 2.45) is 0 Å². The van der Waals surface area contributed by atoms with E-state index in [0.29, 0.717) is 12.1 Å². The van der Waals surface area contributed by atoms with Crippen LogP contribution in [-0.2, 0) is 0 Å². The third-order valence-electron chi connectivity index (χ3n) is 4.77. The number of benzene rings is 3. The first-order valence-electron chi connectivity index (χ1n) is 9.30. The summed E-state index contributed by atoms with van der Waals surface area (Å²) in [5.74, 6) is -0.161. The Morgan fingerprint density at radius 1 is 1.00 bits per heavy atom. The molecular formula is C23H22N2O4. The average Bonchev–Trinajstić information content (AvgIpc) is 2.77. The molecule has 0 aliphatic heterocycles. The molecule has 3 aromatic carbocycles. The molecule has 0 unspecified atom stereocenters. The van der Waals surface area contributed by atoms with Gasteiger partial charge < -0.3 is 9.64 Å². The Morgan fingerprint density at radius 2 is 1.55 bits per heavy atom. The van der Waals surface area contributed by atoms with Crippen LogP contribution in [-0.4, -0.2) is 29.4 Å². The lowest BCUT2D eigenvalue weighted by molar-refractivity contribution is -0.385. The molecule has 0 aliphatic carbocycles. The first kappa shape index (κ1) is 20.1. The van der Waals surface area contributed by atoms with Crippen LogP contribution < -0.4 is 4.74 Å². The Bertz CT molecular complexity index is 951. The Kier molecular flexibility index (Phi) is 6.24. The number of rotatable bonds is 7. The molecule has 1 amide bonds. The number of nitrogens with zero attached hydrogens (tertiary/aromatic N) is 2. The molecule has 0 fully saturated rings. The lowest BCUT2D eigenvalue weighted by atomic mass is 9.96. The summed E-state index contributed by atoms with van der Waals surface area (Å²) in [7, 11) is 1.35. The van der Waals surface area contributed by atoms with E-state index < -0.39 is 4.92 Å². The molecule has 148 valence electrons. The Balaban J connectivity index is 2.05. The first-order valence-corrected chi connectivity index (χ1v) is 9.30. The van der Waals surface area contributed by atoms with Crippen molar-refractivity contribution in [2.75, 3.05) is 13.7 Å². The van der Waals surface area contributed by atoms with Crippen LogP contribution in [0.25, 0.3) is 0 Å². The fourth-order valence-electron chi connectivity index (χ4n) is 3.39. The van der Waals surface area contributed by atoms with Crippen LogP contribution in [0.1, 0.15) is 34.5 Å². The number of nitro groups is 1. The van der Waals surface area contributed by atoms with Crippen molar-refractivity contribution < 1.29 is 14.5 Å². The number of amides is 1. The summed E-state index contributed by atoms with van der Waals surface area (Å²) < 4.78 is 5.13. The molecule has 0 bridgehead atoms. The smallest absolute Gasteiger partial charge is 0.310 e. The van der Waals surface area contributed by atoms with E-state index in [4.69, 9.17) is 4.74 Å². The van der Waals surface area contributed by atoms with Gasteiger partial charge in [0, 0.05) is 24.2 Å². The van der Waals surface area contributed by atoms with Crippen molar-refractivity contribution in [2.45, 2.75) is 13.0 Å². The molecule has 0 saturated carbocycles. The van der Waals surface area contributed by atoms with E-state index >= 15 is 0 Å². The molecule has 6 nitrogen and oxygen atoms in total. The summed E-state index contributed by atoms with van der Waals surface area (Å²) in [5, 5.41) is 11.2. The van der Waals surface area contributed by atoms with Crippen molar-refractivity contribution in [3.8, 4) is 5.75 Å². The highest BCUT2D eigenvalue weighted by molar-refractivity contribution is 5.95. The van der Waals surface area contributed by atoms with Crippen molar-refractivity contribution in [1.82, 2.24) is 4.90 Å². The quantitative estimate of drug-likeness (QED) is 0.427. The second kappa shape index (κ2) is 9.01. The molecule has 0 atom stereocenters. The number of carbonyl (C=O) groups is 1. The number of hydrogen-bond donors (Lipinski definition) is 0. The maximum absolute atomic E-state index is 13.4. The Labute approximate surface area is 169 Å². The van der Waals surface area contributed by atoms with Gasteiger partial charge in [-0.1, -0.05) is 60.7 Å². The van der Waals surface area contributed by atoms with Gasteiger partial charge in [-0.15, -0.1) is 0 Å². The van der Waals surface area contributed by atoms with Gasteiger partial charge in [0.2, 0.25) is 0 Å². The highest BCUT2D eigenvalue weighted by atomic mass is 16.6. The van der Waals surface area contributed by atoms with Gasteiger partial charge in [0.25, 0.3) is 5.91 Å². The molecule has 0 N–H and O–H groups in total. The predicted octanol–water partition coefficient (Wildman–Crippen LogP) is 4.86. The monoisotopic (exact) mass is 390 g/mol. The minimum Gasteiger partial charge on any atom is -0.490 e. The zero-order valence-electron chi connectivity index (χ0n) is 16.3. The van der Waals surface area contributed by atoms with Crippen molar-refractivity contribution in [1.29, 1.82) is 0 Å². The van der Waals surface area contributed by atoms with Crippen molar-refractivity contribution >= 4 is 11.6 Å². The minimum absolute atomic E-state index is 0.0628. The second-order valence-electron chi connectivity index (χ2n) is 6.46. The fraction of sp³-hybridized carbons (Fsp3) is 0.174. The van der Waals surface area contributed by atoms with Gasteiger partial charge >= 0.3 is 5.69 Å². The van der Waals surface area contributed by atoms with Gasteiger partial charge in [-0.2, -0.15) is 0 Å². The summed E-state index contributed by atoms with van der Waals surface area (Å²) in [6, 6.07) is 23.5. The van der Waals surface area contributed by atoms with Crippen LogP contribution in [0.15, 0.2) is 78.9 Å². The van der Waals surface area contributed by atoms with E-state index in [0.717, 1.165) is 11.1 Å².